The van der Waals surface area contributed by atoms with Crippen molar-refractivity contribution in [1.29, 1.82) is 0 Å². The molecule has 0 aromatic heterocycles. The molecule has 1 aromatic rings. The molecular weight excluding hydrogens is 254 g/mol. The second-order valence-electron chi connectivity index (χ2n) is 4.87. The number of Topliss-reactive ketones (excluding diaryl/α,β-unsaturated/α-hetero) is 1. The third kappa shape index (κ3) is 4.94. The summed E-state index contributed by atoms with van der Waals surface area (Å²) in [4.78, 5) is 14.5. The molecule has 1 atom stereocenters. The van der Waals surface area contributed by atoms with Crippen LogP contribution < -0.4 is 4.74 Å². The van der Waals surface area contributed by atoms with Crippen molar-refractivity contribution in [3.8, 4) is 5.75 Å². The molecular formula is C16H25NO3. The fourth-order valence-corrected chi connectivity index (χ4v) is 1.97. The van der Waals surface area contributed by atoms with Crippen molar-refractivity contribution in [3.63, 3.8) is 0 Å². The van der Waals surface area contributed by atoms with Crippen LogP contribution >= 0.6 is 0 Å². The molecule has 0 saturated heterocycles. The second kappa shape index (κ2) is 8.72. The highest BCUT2D eigenvalue weighted by Gasteiger charge is 2.16. The number of rotatable bonds is 9. The molecule has 0 saturated carbocycles. The fourth-order valence-electron chi connectivity index (χ4n) is 1.97. The van der Waals surface area contributed by atoms with E-state index in [4.69, 9.17) is 9.47 Å². The average Bonchev–Trinajstić information content (AvgIpc) is 2.50. The third-order valence-corrected chi connectivity index (χ3v) is 3.56. The monoisotopic (exact) mass is 279 g/mol. The summed E-state index contributed by atoms with van der Waals surface area (Å²) in [5.74, 6) is 0.892. The molecule has 0 aliphatic rings. The molecule has 0 spiro atoms. The smallest absolute Gasteiger partial charge is 0.176 e. The van der Waals surface area contributed by atoms with Crippen molar-refractivity contribution in [2.24, 2.45) is 0 Å². The Morgan fingerprint density at radius 3 is 2.40 bits per heavy atom. The lowest BCUT2D eigenvalue weighted by Crippen LogP contribution is -2.39. The number of ether oxygens (including phenoxy) is 2. The minimum absolute atomic E-state index is 0.129. The Labute approximate surface area is 121 Å². The highest BCUT2D eigenvalue weighted by Crippen LogP contribution is 2.13. The maximum absolute atomic E-state index is 12.3. The first-order chi connectivity index (χ1) is 9.62. The summed E-state index contributed by atoms with van der Waals surface area (Å²) in [6.45, 7) is 6.09. The first-order valence-corrected chi connectivity index (χ1v) is 7.02. The lowest BCUT2D eigenvalue weighted by Gasteiger charge is -2.27. The zero-order valence-electron chi connectivity index (χ0n) is 12.9. The van der Waals surface area contributed by atoms with Gasteiger partial charge in [-0.3, -0.25) is 9.69 Å². The van der Waals surface area contributed by atoms with Crippen LogP contribution in [0.1, 0.15) is 30.6 Å². The number of ketones is 1. The van der Waals surface area contributed by atoms with Crippen LogP contribution in [0.25, 0.3) is 0 Å². The van der Waals surface area contributed by atoms with E-state index >= 15 is 0 Å². The molecule has 0 aliphatic carbocycles. The first-order valence-electron chi connectivity index (χ1n) is 7.02. The summed E-state index contributed by atoms with van der Waals surface area (Å²) in [6.07, 6.45) is 1.01. The second-order valence-corrected chi connectivity index (χ2v) is 4.87. The minimum atomic E-state index is 0.129. The fraction of sp³-hybridized carbons (Fsp3) is 0.562. The number of methoxy groups -OCH3 is 2. The van der Waals surface area contributed by atoms with Gasteiger partial charge in [-0.05, 0) is 37.6 Å². The lowest BCUT2D eigenvalue weighted by molar-refractivity contribution is 0.0834. The molecule has 0 amide bonds. The van der Waals surface area contributed by atoms with Gasteiger partial charge >= 0.3 is 0 Å². The normalized spacial score (nSPS) is 12.4. The van der Waals surface area contributed by atoms with E-state index in [-0.39, 0.29) is 5.78 Å². The van der Waals surface area contributed by atoms with Gasteiger partial charge in [0.1, 0.15) is 5.75 Å². The molecule has 0 heterocycles. The highest BCUT2D eigenvalue weighted by atomic mass is 16.5. The van der Waals surface area contributed by atoms with Crippen LogP contribution in [0.15, 0.2) is 24.3 Å². The maximum Gasteiger partial charge on any atom is 0.176 e. The number of benzene rings is 1. The van der Waals surface area contributed by atoms with Crippen LogP contribution in [-0.2, 0) is 4.74 Å². The molecule has 4 heteroatoms. The van der Waals surface area contributed by atoms with Crippen molar-refractivity contribution in [1.82, 2.24) is 4.90 Å². The summed E-state index contributed by atoms with van der Waals surface area (Å²) in [5, 5.41) is 0. The zero-order valence-corrected chi connectivity index (χ0v) is 12.9. The van der Waals surface area contributed by atoms with Crippen molar-refractivity contribution < 1.29 is 14.3 Å². The van der Waals surface area contributed by atoms with E-state index in [0.717, 1.165) is 24.3 Å². The number of carbonyl (C=O) groups excluding carboxylic acids is 1. The number of nitrogens with zero attached hydrogens (tertiary/aromatic N) is 1. The van der Waals surface area contributed by atoms with E-state index in [9.17, 15) is 4.79 Å². The molecule has 20 heavy (non-hydrogen) atoms. The van der Waals surface area contributed by atoms with E-state index in [1.165, 1.54) is 0 Å². The standard InChI is InChI=1S/C16H25NO3/c1-5-13(2)17(10-11-19-3)12-16(18)14-6-8-15(20-4)9-7-14/h6-9,13H,5,10-12H2,1-4H3. The zero-order chi connectivity index (χ0) is 15.0. The Kier molecular flexibility index (Phi) is 7.26. The maximum atomic E-state index is 12.3. The van der Waals surface area contributed by atoms with Gasteiger partial charge in [0, 0.05) is 25.3 Å². The van der Waals surface area contributed by atoms with Crippen LogP contribution in [0.3, 0.4) is 0 Å². The Bertz CT molecular complexity index is 403. The summed E-state index contributed by atoms with van der Waals surface area (Å²) < 4.78 is 10.2. The van der Waals surface area contributed by atoms with Crippen LogP contribution in [0.4, 0.5) is 0 Å². The first kappa shape index (κ1) is 16.7. The summed E-state index contributed by atoms with van der Waals surface area (Å²) in [6, 6.07) is 7.62. The molecule has 0 bridgehead atoms. The number of carbonyl (C=O) groups is 1. The lowest BCUT2D eigenvalue weighted by atomic mass is 10.1. The summed E-state index contributed by atoms with van der Waals surface area (Å²) >= 11 is 0. The van der Waals surface area contributed by atoms with Crippen molar-refractivity contribution >= 4 is 5.78 Å². The van der Waals surface area contributed by atoms with Crippen molar-refractivity contribution in [2.45, 2.75) is 26.3 Å². The number of hydrogen-bond donors (Lipinski definition) is 0. The van der Waals surface area contributed by atoms with E-state index in [2.05, 4.69) is 18.7 Å². The van der Waals surface area contributed by atoms with Gasteiger partial charge in [-0.15, -0.1) is 0 Å². The van der Waals surface area contributed by atoms with Crippen LogP contribution in [0, 0.1) is 0 Å². The molecule has 0 aliphatic heterocycles. The Morgan fingerprint density at radius 2 is 1.90 bits per heavy atom. The Morgan fingerprint density at radius 1 is 1.25 bits per heavy atom. The van der Waals surface area contributed by atoms with Gasteiger partial charge in [0.05, 0.1) is 20.3 Å². The molecule has 0 fully saturated rings. The average molecular weight is 279 g/mol. The van der Waals surface area contributed by atoms with Gasteiger partial charge in [0.25, 0.3) is 0 Å². The van der Waals surface area contributed by atoms with Gasteiger partial charge in [0.15, 0.2) is 5.78 Å². The van der Waals surface area contributed by atoms with Gasteiger partial charge in [0.2, 0.25) is 0 Å². The number of hydrogen-bond acceptors (Lipinski definition) is 4. The minimum Gasteiger partial charge on any atom is -0.497 e. The molecule has 0 radical (unpaired) electrons. The van der Waals surface area contributed by atoms with Gasteiger partial charge in [-0.1, -0.05) is 6.92 Å². The summed E-state index contributed by atoms with van der Waals surface area (Å²) in [5.41, 5.74) is 0.719. The van der Waals surface area contributed by atoms with Crippen LogP contribution in [0.5, 0.6) is 5.75 Å². The van der Waals surface area contributed by atoms with Gasteiger partial charge in [-0.2, -0.15) is 0 Å². The van der Waals surface area contributed by atoms with Gasteiger partial charge in [-0.25, -0.2) is 0 Å². The van der Waals surface area contributed by atoms with Gasteiger partial charge < -0.3 is 9.47 Å². The molecule has 1 unspecified atom stereocenters. The molecule has 0 N–H and O–H groups in total. The third-order valence-electron chi connectivity index (χ3n) is 3.56. The largest absolute Gasteiger partial charge is 0.497 e. The van der Waals surface area contributed by atoms with Crippen LogP contribution in [-0.4, -0.2) is 50.6 Å². The predicted octanol–water partition coefficient (Wildman–Crippen LogP) is 2.62. The molecule has 112 valence electrons. The predicted molar refractivity (Wildman–Crippen MR) is 80.5 cm³/mol. The van der Waals surface area contributed by atoms with Crippen molar-refractivity contribution in [3.05, 3.63) is 29.8 Å². The van der Waals surface area contributed by atoms with E-state index in [0.29, 0.717) is 19.2 Å². The highest BCUT2D eigenvalue weighted by molar-refractivity contribution is 5.97. The topological polar surface area (TPSA) is 38.8 Å². The Hall–Kier alpha value is -1.39. The Balaban J connectivity index is 2.68. The SMILES string of the molecule is CCC(C)N(CCOC)CC(=O)c1ccc(OC)cc1. The molecule has 1 aromatic carbocycles. The molecule has 4 nitrogen and oxygen atoms in total. The van der Waals surface area contributed by atoms with Crippen molar-refractivity contribution in [2.75, 3.05) is 33.9 Å². The molecule has 1 rings (SSSR count). The summed E-state index contributed by atoms with van der Waals surface area (Å²) in [7, 11) is 3.30. The van der Waals surface area contributed by atoms with Crippen LogP contribution in [0.2, 0.25) is 0 Å². The van der Waals surface area contributed by atoms with E-state index in [1.807, 2.05) is 24.3 Å². The van der Waals surface area contributed by atoms with E-state index < -0.39 is 0 Å². The van der Waals surface area contributed by atoms with E-state index in [1.54, 1.807) is 14.2 Å². The quantitative estimate of drug-likeness (QED) is 0.651.